The van der Waals surface area contributed by atoms with E-state index in [4.69, 9.17) is 15.2 Å². The maximum absolute atomic E-state index is 12.1. The molecule has 0 radical (unpaired) electrons. The number of rotatable bonds is 6. The summed E-state index contributed by atoms with van der Waals surface area (Å²) in [6.45, 7) is 4.64. The molecule has 2 aliphatic rings. The van der Waals surface area contributed by atoms with E-state index in [2.05, 4.69) is 5.32 Å². The Morgan fingerprint density at radius 2 is 2.11 bits per heavy atom. The molecule has 0 spiro atoms. The van der Waals surface area contributed by atoms with Crippen molar-refractivity contribution in [2.24, 2.45) is 11.7 Å². The molecule has 0 aromatic carbocycles. The molecule has 5 nitrogen and oxygen atoms in total. The molecular weight excluding hydrogens is 244 g/mol. The largest absolute Gasteiger partial charge is 0.381 e. The van der Waals surface area contributed by atoms with Gasteiger partial charge in [0, 0.05) is 32.8 Å². The van der Waals surface area contributed by atoms with E-state index in [9.17, 15) is 4.79 Å². The zero-order valence-corrected chi connectivity index (χ0v) is 11.8. The fraction of sp³-hybridized carbons (Fsp3) is 0.929. The second-order valence-corrected chi connectivity index (χ2v) is 5.76. The molecule has 1 aliphatic carbocycles. The van der Waals surface area contributed by atoms with Crippen LogP contribution in [-0.2, 0) is 14.3 Å². The Bertz CT molecular complexity index is 297. The van der Waals surface area contributed by atoms with Gasteiger partial charge in [-0.15, -0.1) is 0 Å². The summed E-state index contributed by atoms with van der Waals surface area (Å²) in [4.78, 5) is 12.1. The van der Waals surface area contributed by atoms with Gasteiger partial charge in [-0.2, -0.15) is 0 Å². The lowest BCUT2D eigenvalue weighted by molar-refractivity contribution is -0.127. The molecule has 0 atom stereocenters. The molecule has 2 fully saturated rings. The molecule has 1 amide bonds. The zero-order valence-electron chi connectivity index (χ0n) is 11.8. The van der Waals surface area contributed by atoms with Crippen molar-refractivity contribution in [3.05, 3.63) is 0 Å². The van der Waals surface area contributed by atoms with Crippen LogP contribution in [0, 0.1) is 5.92 Å². The molecule has 1 saturated heterocycles. The van der Waals surface area contributed by atoms with Crippen molar-refractivity contribution in [2.75, 3.05) is 26.4 Å². The Morgan fingerprint density at radius 3 is 2.68 bits per heavy atom. The molecule has 19 heavy (non-hydrogen) atoms. The number of hydrogen-bond donors (Lipinski definition) is 2. The molecule has 110 valence electrons. The summed E-state index contributed by atoms with van der Waals surface area (Å²) < 4.78 is 10.9. The summed E-state index contributed by atoms with van der Waals surface area (Å²) in [5.74, 6) is 0.610. The van der Waals surface area contributed by atoms with Gasteiger partial charge in [-0.25, -0.2) is 0 Å². The number of nitrogens with two attached hydrogens (primary N) is 1. The SMILES string of the molecule is CCOC1CC(CC(=O)NC2(CN)CCOCC2)C1. The summed E-state index contributed by atoms with van der Waals surface area (Å²) in [5, 5.41) is 3.14. The number of hydrogen-bond acceptors (Lipinski definition) is 4. The number of ether oxygens (including phenoxy) is 2. The molecule has 3 N–H and O–H groups in total. The summed E-state index contributed by atoms with van der Waals surface area (Å²) in [7, 11) is 0. The van der Waals surface area contributed by atoms with E-state index < -0.39 is 0 Å². The first-order valence-electron chi connectivity index (χ1n) is 7.38. The minimum Gasteiger partial charge on any atom is -0.381 e. The van der Waals surface area contributed by atoms with E-state index >= 15 is 0 Å². The lowest BCUT2D eigenvalue weighted by Crippen LogP contribution is -2.57. The molecule has 0 bridgehead atoms. The smallest absolute Gasteiger partial charge is 0.220 e. The maximum atomic E-state index is 12.1. The molecular formula is C14H26N2O3. The van der Waals surface area contributed by atoms with Gasteiger partial charge in [-0.05, 0) is 38.5 Å². The van der Waals surface area contributed by atoms with Gasteiger partial charge in [-0.1, -0.05) is 0 Å². The second-order valence-electron chi connectivity index (χ2n) is 5.76. The van der Waals surface area contributed by atoms with Crippen LogP contribution < -0.4 is 11.1 Å². The molecule has 0 unspecified atom stereocenters. The van der Waals surface area contributed by atoms with Gasteiger partial charge in [0.15, 0.2) is 0 Å². The Kier molecular flexibility index (Phi) is 5.19. The first-order chi connectivity index (χ1) is 9.17. The third kappa shape index (κ3) is 3.91. The average Bonchev–Trinajstić information content (AvgIpc) is 2.37. The normalized spacial score (nSPS) is 29.6. The van der Waals surface area contributed by atoms with E-state index in [0.717, 1.165) is 32.3 Å². The lowest BCUT2D eigenvalue weighted by atomic mass is 9.79. The van der Waals surface area contributed by atoms with Crippen molar-refractivity contribution in [3.8, 4) is 0 Å². The van der Waals surface area contributed by atoms with E-state index in [1.54, 1.807) is 0 Å². The summed E-state index contributed by atoms with van der Waals surface area (Å²) in [6.07, 6.45) is 4.64. The summed E-state index contributed by atoms with van der Waals surface area (Å²) >= 11 is 0. The first kappa shape index (κ1) is 14.8. The first-order valence-corrected chi connectivity index (χ1v) is 7.38. The standard InChI is InChI=1S/C14H26N2O3/c1-2-19-12-7-11(8-12)9-13(17)16-14(10-15)3-5-18-6-4-14/h11-12H,2-10,15H2,1H3,(H,16,17). The quantitative estimate of drug-likeness (QED) is 0.749. The predicted molar refractivity (Wildman–Crippen MR) is 72.7 cm³/mol. The summed E-state index contributed by atoms with van der Waals surface area (Å²) in [6, 6.07) is 0. The van der Waals surface area contributed by atoms with Crippen LogP contribution in [-0.4, -0.2) is 43.9 Å². The van der Waals surface area contributed by atoms with Crippen LogP contribution in [0.2, 0.25) is 0 Å². The van der Waals surface area contributed by atoms with E-state index in [0.29, 0.717) is 38.2 Å². The minimum absolute atomic E-state index is 0.132. The van der Waals surface area contributed by atoms with Crippen LogP contribution >= 0.6 is 0 Å². The van der Waals surface area contributed by atoms with Gasteiger partial charge in [0.25, 0.3) is 0 Å². The average molecular weight is 270 g/mol. The van der Waals surface area contributed by atoms with Crippen LogP contribution in [0.15, 0.2) is 0 Å². The van der Waals surface area contributed by atoms with Crippen molar-refractivity contribution in [3.63, 3.8) is 0 Å². The van der Waals surface area contributed by atoms with E-state index in [-0.39, 0.29) is 11.4 Å². The molecule has 1 saturated carbocycles. The van der Waals surface area contributed by atoms with Crippen molar-refractivity contribution < 1.29 is 14.3 Å². The Morgan fingerprint density at radius 1 is 1.42 bits per heavy atom. The molecule has 1 aliphatic heterocycles. The van der Waals surface area contributed by atoms with Gasteiger partial charge in [0.05, 0.1) is 11.6 Å². The highest BCUT2D eigenvalue weighted by Crippen LogP contribution is 2.33. The van der Waals surface area contributed by atoms with Crippen molar-refractivity contribution in [1.82, 2.24) is 5.32 Å². The highest BCUT2D eigenvalue weighted by atomic mass is 16.5. The van der Waals surface area contributed by atoms with Gasteiger partial charge in [-0.3, -0.25) is 4.79 Å². The van der Waals surface area contributed by atoms with Crippen LogP contribution in [0.3, 0.4) is 0 Å². The third-order valence-corrected chi connectivity index (χ3v) is 4.31. The Hall–Kier alpha value is -0.650. The molecule has 1 heterocycles. The maximum Gasteiger partial charge on any atom is 0.220 e. The van der Waals surface area contributed by atoms with Crippen LogP contribution in [0.5, 0.6) is 0 Å². The monoisotopic (exact) mass is 270 g/mol. The Balaban J connectivity index is 1.72. The van der Waals surface area contributed by atoms with Crippen LogP contribution in [0.25, 0.3) is 0 Å². The number of amides is 1. The number of carbonyl (C=O) groups excluding carboxylic acids is 1. The van der Waals surface area contributed by atoms with Crippen molar-refractivity contribution >= 4 is 5.91 Å². The van der Waals surface area contributed by atoms with Gasteiger partial charge in [0.1, 0.15) is 0 Å². The van der Waals surface area contributed by atoms with E-state index in [1.807, 2.05) is 6.92 Å². The molecule has 5 heteroatoms. The lowest BCUT2D eigenvalue weighted by Gasteiger charge is -2.39. The van der Waals surface area contributed by atoms with E-state index in [1.165, 1.54) is 0 Å². The predicted octanol–water partition coefficient (Wildman–Crippen LogP) is 0.816. The Labute approximate surface area is 115 Å². The molecule has 0 aromatic heterocycles. The summed E-state index contributed by atoms with van der Waals surface area (Å²) in [5.41, 5.74) is 5.60. The van der Waals surface area contributed by atoms with Crippen LogP contribution in [0.1, 0.15) is 39.0 Å². The highest BCUT2D eigenvalue weighted by Gasteiger charge is 2.35. The third-order valence-electron chi connectivity index (χ3n) is 4.31. The second kappa shape index (κ2) is 6.68. The highest BCUT2D eigenvalue weighted by molar-refractivity contribution is 5.77. The number of nitrogens with one attached hydrogen (secondary N) is 1. The van der Waals surface area contributed by atoms with Gasteiger partial charge < -0.3 is 20.5 Å². The van der Waals surface area contributed by atoms with Crippen molar-refractivity contribution in [2.45, 2.75) is 50.7 Å². The molecule has 0 aromatic rings. The fourth-order valence-corrected chi connectivity index (χ4v) is 2.96. The van der Waals surface area contributed by atoms with Crippen LogP contribution in [0.4, 0.5) is 0 Å². The van der Waals surface area contributed by atoms with Gasteiger partial charge >= 0.3 is 0 Å². The van der Waals surface area contributed by atoms with Gasteiger partial charge in [0.2, 0.25) is 5.91 Å². The fourth-order valence-electron chi connectivity index (χ4n) is 2.96. The topological polar surface area (TPSA) is 73.6 Å². The number of carbonyl (C=O) groups is 1. The minimum atomic E-state index is -0.238. The van der Waals surface area contributed by atoms with Crippen molar-refractivity contribution in [1.29, 1.82) is 0 Å². The molecule has 2 rings (SSSR count). The zero-order chi connectivity index (χ0) is 13.7.